The summed E-state index contributed by atoms with van der Waals surface area (Å²) in [5, 5.41) is 31.9. The van der Waals surface area contributed by atoms with Crippen molar-refractivity contribution in [1.29, 1.82) is 0 Å². The summed E-state index contributed by atoms with van der Waals surface area (Å²) in [6.45, 7) is 2.39. The Morgan fingerprint density at radius 3 is 2.50 bits per heavy atom. The van der Waals surface area contributed by atoms with Gasteiger partial charge in [0.25, 0.3) is 5.91 Å². The molecule has 0 saturated carbocycles. The molecule has 10 nitrogen and oxygen atoms in total. The van der Waals surface area contributed by atoms with Gasteiger partial charge in [0.15, 0.2) is 5.82 Å². The Balaban J connectivity index is 1.44. The molecule has 0 radical (unpaired) electrons. The summed E-state index contributed by atoms with van der Waals surface area (Å²) in [5.41, 5.74) is 3.89. The molecule has 0 unspecified atom stereocenters. The zero-order valence-corrected chi connectivity index (χ0v) is 20.6. The summed E-state index contributed by atoms with van der Waals surface area (Å²) in [5.74, 6) is -1.16. The number of aromatic carboxylic acids is 1. The van der Waals surface area contributed by atoms with Crippen molar-refractivity contribution in [3.63, 3.8) is 0 Å². The maximum absolute atomic E-state index is 12.8. The fourth-order valence-electron chi connectivity index (χ4n) is 3.63. The Morgan fingerprint density at radius 2 is 1.81 bits per heavy atom. The van der Waals surface area contributed by atoms with Crippen molar-refractivity contribution >= 4 is 34.6 Å². The van der Waals surface area contributed by atoms with Crippen LogP contribution in [0.4, 0.5) is 0 Å². The Hall–Kier alpha value is -4.29. The fourth-order valence-corrected chi connectivity index (χ4v) is 5.26. The Labute approximate surface area is 212 Å². The van der Waals surface area contributed by atoms with E-state index in [1.807, 2.05) is 55.5 Å². The fraction of sp³-hybridized carbons (Fsp3) is 0.125. The molecular formula is C24H19N7O3S2. The molecule has 0 spiro atoms. The van der Waals surface area contributed by atoms with Gasteiger partial charge in [0.05, 0.1) is 17.7 Å². The van der Waals surface area contributed by atoms with Gasteiger partial charge in [-0.15, -0.1) is 5.10 Å². The van der Waals surface area contributed by atoms with Gasteiger partial charge in [-0.3, -0.25) is 4.79 Å². The van der Waals surface area contributed by atoms with Crippen LogP contribution in [0, 0.1) is 0 Å². The molecule has 0 atom stereocenters. The minimum atomic E-state index is -1.15. The second kappa shape index (κ2) is 10.1. The number of aromatic amines is 1. The monoisotopic (exact) mass is 517 g/mol. The van der Waals surface area contributed by atoms with Crippen LogP contribution in [0.3, 0.4) is 0 Å². The number of aromatic nitrogens is 6. The number of hydrogen-bond acceptors (Lipinski definition) is 8. The maximum atomic E-state index is 12.8. The molecule has 36 heavy (non-hydrogen) atoms. The second-order valence-corrected chi connectivity index (χ2v) is 9.49. The van der Waals surface area contributed by atoms with Crippen LogP contribution in [0.25, 0.3) is 22.5 Å². The number of thiophene rings is 1. The molecule has 0 aliphatic rings. The number of H-pyrrole nitrogens is 1. The quantitative estimate of drug-likeness (QED) is 0.334. The van der Waals surface area contributed by atoms with Crippen molar-refractivity contribution in [3.05, 3.63) is 85.8 Å². The highest BCUT2D eigenvalue weighted by Crippen LogP contribution is 2.29. The van der Waals surface area contributed by atoms with E-state index in [0.717, 1.165) is 38.6 Å². The predicted octanol–water partition coefficient (Wildman–Crippen LogP) is 3.90. The van der Waals surface area contributed by atoms with Crippen LogP contribution in [0.5, 0.6) is 0 Å². The Morgan fingerprint density at radius 1 is 1.06 bits per heavy atom. The van der Waals surface area contributed by atoms with Gasteiger partial charge in [-0.05, 0) is 33.5 Å². The zero-order valence-electron chi connectivity index (χ0n) is 19.0. The van der Waals surface area contributed by atoms with Crippen LogP contribution >= 0.6 is 22.7 Å². The molecule has 1 amide bonds. The van der Waals surface area contributed by atoms with E-state index in [1.54, 1.807) is 4.68 Å². The average molecular weight is 518 g/mol. The first kappa shape index (κ1) is 23.5. The van der Waals surface area contributed by atoms with E-state index >= 15 is 0 Å². The van der Waals surface area contributed by atoms with E-state index in [9.17, 15) is 14.7 Å². The van der Waals surface area contributed by atoms with Gasteiger partial charge < -0.3 is 5.11 Å². The molecule has 0 saturated heterocycles. The lowest BCUT2D eigenvalue weighted by Gasteiger charge is -2.08. The number of carboxylic acids is 1. The molecule has 3 aromatic heterocycles. The minimum Gasteiger partial charge on any atom is -0.478 e. The highest BCUT2D eigenvalue weighted by atomic mass is 32.1. The van der Waals surface area contributed by atoms with Crippen molar-refractivity contribution in [1.82, 2.24) is 30.4 Å². The summed E-state index contributed by atoms with van der Waals surface area (Å²) < 4.78 is 1.68. The second-order valence-electron chi connectivity index (χ2n) is 7.70. The van der Waals surface area contributed by atoms with Gasteiger partial charge in [0.2, 0.25) is 4.80 Å². The van der Waals surface area contributed by atoms with Crippen molar-refractivity contribution in [2.45, 2.75) is 19.9 Å². The Bertz CT molecular complexity index is 1600. The number of nitrogens with zero attached hydrogens (tertiary/aromatic N) is 6. The summed E-state index contributed by atoms with van der Waals surface area (Å²) in [7, 11) is 0. The van der Waals surface area contributed by atoms with E-state index in [0.29, 0.717) is 23.6 Å². The normalized spacial score (nSPS) is 11.6. The highest BCUT2D eigenvalue weighted by Gasteiger charge is 2.18. The lowest BCUT2D eigenvalue weighted by molar-refractivity contribution is 0.0692. The van der Waals surface area contributed by atoms with Gasteiger partial charge >= 0.3 is 5.97 Å². The molecule has 5 rings (SSSR count). The van der Waals surface area contributed by atoms with Gasteiger partial charge in [-0.1, -0.05) is 66.8 Å². The van der Waals surface area contributed by atoms with Crippen molar-refractivity contribution in [2.75, 3.05) is 0 Å². The summed E-state index contributed by atoms with van der Waals surface area (Å²) >= 11 is 2.47. The van der Waals surface area contributed by atoms with Crippen LogP contribution in [-0.2, 0) is 13.0 Å². The summed E-state index contributed by atoms with van der Waals surface area (Å²) in [6, 6.07) is 15.9. The third-order valence-corrected chi connectivity index (χ3v) is 7.24. The highest BCUT2D eigenvalue weighted by molar-refractivity contribution is 7.09. The number of aryl methyl sites for hydroxylation is 1. The first-order valence-corrected chi connectivity index (χ1v) is 12.7. The van der Waals surface area contributed by atoms with Crippen LogP contribution in [0.1, 0.15) is 38.2 Å². The van der Waals surface area contributed by atoms with Gasteiger partial charge in [-0.2, -0.15) is 21.4 Å². The average Bonchev–Trinajstić information content (AvgIpc) is 3.66. The molecule has 0 fully saturated rings. The lowest BCUT2D eigenvalue weighted by atomic mass is 9.98. The SMILES string of the molecule is CCc1nn(Cc2ccc(-c3ccccc3-c3nnn[nH]3)cc2)c(=NC(=O)c2cscc2C(=O)O)s1. The number of tetrazole rings is 1. The largest absolute Gasteiger partial charge is 0.478 e. The molecule has 2 N–H and O–H groups in total. The number of carbonyl (C=O) groups is 2. The maximum Gasteiger partial charge on any atom is 0.337 e. The van der Waals surface area contributed by atoms with Gasteiger partial charge in [0, 0.05) is 16.3 Å². The Kier molecular flexibility index (Phi) is 6.60. The number of rotatable bonds is 7. The van der Waals surface area contributed by atoms with Crippen molar-refractivity contribution in [2.24, 2.45) is 4.99 Å². The van der Waals surface area contributed by atoms with E-state index in [1.165, 1.54) is 22.1 Å². The number of benzene rings is 2. The van der Waals surface area contributed by atoms with Gasteiger partial charge in [-0.25, -0.2) is 14.6 Å². The number of hydrogen-bond donors (Lipinski definition) is 2. The number of carbonyl (C=O) groups excluding carboxylic acids is 1. The van der Waals surface area contributed by atoms with E-state index in [2.05, 4.69) is 30.7 Å². The molecule has 0 aliphatic heterocycles. The predicted molar refractivity (Wildman–Crippen MR) is 135 cm³/mol. The van der Waals surface area contributed by atoms with E-state index in [-0.39, 0.29) is 11.1 Å². The molecule has 12 heteroatoms. The summed E-state index contributed by atoms with van der Waals surface area (Å²) in [4.78, 5) is 28.8. The molecule has 2 aromatic carbocycles. The van der Waals surface area contributed by atoms with E-state index in [4.69, 9.17) is 0 Å². The van der Waals surface area contributed by atoms with Crippen molar-refractivity contribution in [3.8, 4) is 22.5 Å². The third-order valence-electron chi connectivity index (χ3n) is 5.41. The molecule has 5 aromatic rings. The number of amides is 1. The first-order chi connectivity index (χ1) is 17.5. The summed E-state index contributed by atoms with van der Waals surface area (Å²) in [6.07, 6.45) is 0.694. The smallest absolute Gasteiger partial charge is 0.337 e. The first-order valence-electron chi connectivity index (χ1n) is 10.9. The third kappa shape index (κ3) is 4.76. The van der Waals surface area contributed by atoms with E-state index < -0.39 is 11.9 Å². The molecule has 180 valence electrons. The van der Waals surface area contributed by atoms with Crippen LogP contribution in [-0.4, -0.2) is 47.4 Å². The molecule has 0 bridgehead atoms. The minimum absolute atomic E-state index is 0.0440. The van der Waals surface area contributed by atoms with Crippen LogP contribution in [0.2, 0.25) is 0 Å². The number of carboxylic acid groups (broad SMARTS) is 1. The van der Waals surface area contributed by atoms with Crippen molar-refractivity contribution < 1.29 is 14.7 Å². The lowest BCUT2D eigenvalue weighted by Crippen LogP contribution is -2.19. The standard InChI is InChI=1S/C24H19N7O3S2/c1-2-20-28-31(24(36-20)25-22(32)18-12-35-13-19(18)23(33)34)11-14-7-9-15(10-8-14)16-5-3-4-6-17(16)21-26-29-30-27-21/h3-10,12-13H,2,11H2,1H3,(H,33,34)(H,26,27,29,30). The number of nitrogens with one attached hydrogen (secondary N) is 1. The van der Waals surface area contributed by atoms with Crippen LogP contribution in [0.15, 0.2) is 64.3 Å². The zero-order chi connectivity index (χ0) is 25.1. The topological polar surface area (TPSA) is 139 Å². The van der Waals surface area contributed by atoms with Crippen LogP contribution < -0.4 is 4.80 Å². The molecular weight excluding hydrogens is 498 g/mol. The molecule has 3 heterocycles. The molecule has 0 aliphatic carbocycles. The van der Waals surface area contributed by atoms with Gasteiger partial charge in [0.1, 0.15) is 5.01 Å².